The highest BCUT2D eigenvalue weighted by atomic mass is 16.4. The average Bonchev–Trinajstić information content (AvgIpc) is 3.63. The number of carboxylic acids is 1. The number of carbonyl (C=O) groups is 10. The van der Waals surface area contributed by atoms with Gasteiger partial charge in [0.2, 0.25) is 17.7 Å². The standard InChI is InChI=1S/C29H35N7O11/c37-20(7-13-33-23(40)1-2-24(33)41)30-10-16-36(19-29(46)47,17-11-31-21(38)8-14-34-25(42)3-4-26(34)43)18-12-32-22(39)9-15-35-27(44)5-6-28(35)45/h1-6H,7-19H2,(H3-,30,31,32,37,38,39,46,47). The highest BCUT2D eigenvalue weighted by Gasteiger charge is 2.30. The molecule has 0 fully saturated rings. The maximum absolute atomic E-state index is 12.4. The van der Waals surface area contributed by atoms with Crippen LogP contribution in [0.25, 0.3) is 0 Å². The fraction of sp³-hybridized carbons (Fsp3) is 0.448. The van der Waals surface area contributed by atoms with Gasteiger partial charge in [-0.1, -0.05) is 0 Å². The number of imide groups is 3. The van der Waals surface area contributed by atoms with Crippen LogP contribution >= 0.6 is 0 Å². The van der Waals surface area contributed by atoms with Gasteiger partial charge in [0.1, 0.15) is 6.54 Å². The van der Waals surface area contributed by atoms with Gasteiger partial charge in [-0.2, -0.15) is 0 Å². The average molecular weight is 658 g/mol. The third kappa shape index (κ3) is 10.8. The van der Waals surface area contributed by atoms with Crippen molar-refractivity contribution in [2.75, 3.05) is 65.4 Å². The van der Waals surface area contributed by atoms with Gasteiger partial charge in [0.15, 0.2) is 0 Å². The lowest BCUT2D eigenvalue weighted by molar-refractivity contribution is -0.919. The van der Waals surface area contributed by atoms with Gasteiger partial charge in [0.05, 0.1) is 45.2 Å². The summed E-state index contributed by atoms with van der Waals surface area (Å²) >= 11 is 0. The Bertz CT molecular complexity index is 1230. The first-order valence-corrected chi connectivity index (χ1v) is 14.8. The second-order valence-electron chi connectivity index (χ2n) is 10.8. The lowest BCUT2D eigenvalue weighted by atomic mass is 10.2. The molecule has 18 heteroatoms. The quantitative estimate of drug-likeness (QED) is 0.0826. The van der Waals surface area contributed by atoms with Crippen LogP contribution in [0.3, 0.4) is 0 Å². The minimum absolute atomic E-state index is 0.0134. The summed E-state index contributed by atoms with van der Waals surface area (Å²) in [7, 11) is 0. The summed E-state index contributed by atoms with van der Waals surface area (Å²) < 4.78 is -0.268. The predicted molar refractivity (Wildman–Crippen MR) is 155 cm³/mol. The lowest BCUT2D eigenvalue weighted by Gasteiger charge is -2.39. The van der Waals surface area contributed by atoms with Crippen molar-refractivity contribution in [3.63, 3.8) is 0 Å². The third-order valence-corrected chi connectivity index (χ3v) is 7.58. The van der Waals surface area contributed by atoms with Gasteiger partial charge in [0.25, 0.3) is 35.4 Å². The molecule has 3 rings (SSSR count). The van der Waals surface area contributed by atoms with E-state index in [4.69, 9.17) is 0 Å². The van der Waals surface area contributed by atoms with Crippen LogP contribution in [-0.2, 0) is 47.9 Å². The monoisotopic (exact) mass is 657 g/mol. The molecule has 0 atom stereocenters. The van der Waals surface area contributed by atoms with Gasteiger partial charge in [-0.05, 0) is 0 Å². The largest absolute Gasteiger partial charge is 0.544 e. The van der Waals surface area contributed by atoms with Crippen molar-refractivity contribution in [2.24, 2.45) is 0 Å². The Kier molecular flexibility index (Phi) is 12.8. The maximum Gasteiger partial charge on any atom is 0.253 e. The van der Waals surface area contributed by atoms with E-state index in [0.29, 0.717) is 0 Å². The zero-order valence-corrected chi connectivity index (χ0v) is 25.4. The summed E-state index contributed by atoms with van der Waals surface area (Å²) in [4.78, 5) is 122. The van der Waals surface area contributed by atoms with Gasteiger partial charge in [0, 0.05) is 75.4 Å². The van der Waals surface area contributed by atoms with Crippen molar-refractivity contribution >= 4 is 59.1 Å². The SMILES string of the molecule is O=C([O-])C[N+](CCNC(=O)CCN1C(=O)C=CC1=O)(CCNC(=O)CCN1C(=O)C=CC1=O)CCNC(=O)CCN1C(=O)C=CC1=O. The fourth-order valence-corrected chi connectivity index (χ4v) is 5.00. The molecule has 3 N–H and O–H groups in total. The van der Waals surface area contributed by atoms with Gasteiger partial charge in [-0.3, -0.25) is 57.9 Å². The van der Waals surface area contributed by atoms with Crippen molar-refractivity contribution in [3.05, 3.63) is 36.5 Å². The molecule has 47 heavy (non-hydrogen) atoms. The van der Waals surface area contributed by atoms with Crippen molar-refractivity contribution in [1.29, 1.82) is 0 Å². The predicted octanol–water partition coefficient (Wildman–Crippen LogP) is -5.15. The Morgan fingerprint density at radius 3 is 1.00 bits per heavy atom. The number of nitrogens with one attached hydrogen (secondary N) is 3. The van der Waals surface area contributed by atoms with E-state index in [-0.39, 0.29) is 82.6 Å². The molecule has 0 aliphatic carbocycles. The van der Waals surface area contributed by atoms with E-state index in [9.17, 15) is 53.1 Å². The van der Waals surface area contributed by atoms with Crippen molar-refractivity contribution in [2.45, 2.75) is 19.3 Å². The molecule has 9 amide bonds. The van der Waals surface area contributed by atoms with E-state index in [1.54, 1.807) is 0 Å². The minimum Gasteiger partial charge on any atom is -0.544 e. The minimum atomic E-state index is -1.44. The number of rotatable bonds is 20. The van der Waals surface area contributed by atoms with E-state index in [2.05, 4.69) is 16.0 Å². The molecule has 18 nitrogen and oxygen atoms in total. The molecule has 3 heterocycles. The van der Waals surface area contributed by atoms with Crippen molar-refractivity contribution < 1.29 is 57.5 Å². The zero-order chi connectivity index (χ0) is 34.6. The van der Waals surface area contributed by atoms with Crippen LogP contribution in [0.4, 0.5) is 0 Å². The van der Waals surface area contributed by atoms with Crippen molar-refractivity contribution in [1.82, 2.24) is 30.7 Å². The number of nitrogens with zero attached hydrogens (tertiary/aromatic N) is 4. The van der Waals surface area contributed by atoms with Crippen LogP contribution in [0.1, 0.15) is 19.3 Å². The lowest BCUT2D eigenvalue weighted by Crippen LogP contribution is -2.61. The summed E-state index contributed by atoms with van der Waals surface area (Å²) in [6.07, 6.45) is 5.97. The molecule has 0 saturated carbocycles. The number of hydrogen-bond acceptors (Lipinski definition) is 11. The molecular formula is C29H35N7O11. The topological polar surface area (TPSA) is 240 Å². The van der Waals surface area contributed by atoms with E-state index in [1.165, 1.54) is 0 Å². The Hall–Kier alpha value is -5.52. The van der Waals surface area contributed by atoms with Crippen molar-refractivity contribution in [3.8, 4) is 0 Å². The van der Waals surface area contributed by atoms with Crippen LogP contribution in [0.15, 0.2) is 36.5 Å². The number of aliphatic carboxylic acids is 1. The Labute approximate surface area is 268 Å². The first-order chi connectivity index (χ1) is 22.3. The van der Waals surface area contributed by atoms with Crippen LogP contribution < -0.4 is 21.1 Å². The zero-order valence-electron chi connectivity index (χ0n) is 25.4. The molecule has 0 unspecified atom stereocenters. The van der Waals surface area contributed by atoms with Gasteiger partial charge in [-0.15, -0.1) is 0 Å². The van der Waals surface area contributed by atoms with Gasteiger partial charge in [-0.25, -0.2) is 0 Å². The number of quaternary nitrogens is 1. The van der Waals surface area contributed by atoms with E-state index >= 15 is 0 Å². The van der Waals surface area contributed by atoms with E-state index in [0.717, 1.165) is 51.2 Å². The molecule has 0 aromatic rings. The highest BCUT2D eigenvalue weighted by Crippen LogP contribution is 2.08. The second kappa shape index (κ2) is 16.7. The molecular weight excluding hydrogens is 622 g/mol. The molecule has 3 aliphatic heterocycles. The fourth-order valence-electron chi connectivity index (χ4n) is 5.00. The number of amides is 9. The normalized spacial score (nSPS) is 15.8. The molecule has 0 aromatic heterocycles. The second-order valence-corrected chi connectivity index (χ2v) is 10.8. The number of hydrogen-bond donors (Lipinski definition) is 3. The third-order valence-electron chi connectivity index (χ3n) is 7.58. The molecule has 3 aliphatic rings. The number of carboxylic acid groups (broad SMARTS) is 1. The summed E-state index contributed by atoms with van der Waals surface area (Å²) in [5.41, 5.74) is 0. The van der Waals surface area contributed by atoms with Crippen LogP contribution in [-0.4, -0.2) is 144 Å². The molecule has 252 valence electrons. The highest BCUT2D eigenvalue weighted by molar-refractivity contribution is 6.14. The molecule has 0 radical (unpaired) electrons. The molecule has 0 aromatic carbocycles. The van der Waals surface area contributed by atoms with E-state index in [1.807, 2.05) is 0 Å². The van der Waals surface area contributed by atoms with E-state index < -0.39 is 65.7 Å². The smallest absolute Gasteiger partial charge is 0.253 e. The Morgan fingerprint density at radius 1 is 0.511 bits per heavy atom. The first-order valence-electron chi connectivity index (χ1n) is 14.8. The van der Waals surface area contributed by atoms with Gasteiger partial charge >= 0.3 is 0 Å². The molecule has 0 bridgehead atoms. The first kappa shape index (κ1) is 36.0. The Balaban J connectivity index is 1.56. The van der Waals surface area contributed by atoms with Crippen LogP contribution in [0, 0.1) is 0 Å². The molecule has 0 saturated heterocycles. The van der Waals surface area contributed by atoms with Crippen LogP contribution in [0.2, 0.25) is 0 Å². The maximum atomic E-state index is 12.4. The van der Waals surface area contributed by atoms with Crippen LogP contribution in [0.5, 0.6) is 0 Å². The summed E-state index contributed by atoms with van der Waals surface area (Å²) in [5, 5.41) is 19.7. The summed E-state index contributed by atoms with van der Waals surface area (Å²) in [6.45, 7) is -1.12. The molecule has 0 spiro atoms. The summed E-state index contributed by atoms with van der Waals surface area (Å²) in [6, 6.07) is 0. The summed E-state index contributed by atoms with van der Waals surface area (Å²) in [5.74, 6) is -6.20. The van der Waals surface area contributed by atoms with Gasteiger partial charge < -0.3 is 30.3 Å². The number of carbonyl (C=O) groups excluding carboxylic acids is 10. The Morgan fingerprint density at radius 2 is 0.766 bits per heavy atom.